The molecule has 0 atom stereocenters. The Bertz CT molecular complexity index is 550. The first kappa shape index (κ1) is 13.1. The summed E-state index contributed by atoms with van der Waals surface area (Å²) in [5, 5.41) is 5.67. The third-order valence-electron chi connectivity index (χ3n) is 3.94. The van der Waals surface area contributed by atoms with Crippen LogP contribution in [0.2, 0.25) is 0 Å². The van der Waals surface area contributed by atoms with Crippen LogP contribution in [-0.2, 0) is 11.2 Å². The minimum absolute atomic E-state index is 0.0775. The number of aromatic nitrogens is 1. The molecule has 1 aromatic rings. The van der Waals surface area contributed by atoms with Gasteiger partial charge in [0.2, 0.25) is 5.91 Å². The summed E-state index contributed by atoms with van der Waals surface area (Å²) in [6, 6.07) is 2.20. The Morgan fingerprint density at radius 2 is 2.10 bits per heavy atom. The Morgan fingerprint density at radius 3 is 2.85 bits per heavy atom. The normalized spacial score (nSPS) is 24.9. The van der Waals surface area contributed by atoms with Gasteiger partial charge in [-0.25, -0.2) is 4.98 Å². The minimum atomic E-state index is -0.125. The zero-order chi connectivity index (χ0) is 14.1. The number of carbonyl (C=O) groups excluding carboxylic acids is 2. The van der Waals surface area contributed by atoms with Gasteiger partial charge in [0.1, 0.15) is 5.82 Å². The van der Waals surface area contributed by atoms with Crippen LogP contribution in [0.4, 0.5) is 5.82 Å². The zero-order valence-corrected chi connectivity index (χ0v) is 11.2. The van der Waals surface area contributed by atoms with Gasteiger partial charge in [0.15, 0.2) is 0 Å². The fraction of sp³-hybridized carbons (Fsp3) is 0.500. The van der Waals surface area contributed by atoms with Gasteiger partial charge in [-0.05, 0) is 31.7 Å². The van der Waals surface area contributed by atoms with E-state index in [0.29, 0.717) is 17.8 Å². The third kappa shape index (κ3) is 2.65. The minimum Gasteiger partial charge on any atom is -0.349 e. The van der Waals surface area contributed by atoms with E-state index in [9.17, 15) is 9.59 Å². The SMILES string of the molecule is NC1CCC(NC(=O)c2cnc3c(c2)CC(=O)N3)CC1. The number of pyridine rings is 1. The topological polar surface area (TPSA) is 97.1 Å². The van der Waals surface area contributed by atoms with Crippen LogP contribution < -0.4 is 16.4 Å². The van der Waals surface area contributed by atoms with Crippen molar-refractivity contribution in [3.8, 4) is 0 Å². The largest absolute Gasteiger partial charge is 0.349 e. The molecule has 0 aromatic carbocycles. The lowest BCUT2D eigenvalue weighted by molar-refractivity contribution is -0.115. The Morgan fingerprint density at radius 1 is 1.35 bits per heavy atom. The Labute approximate surface area is 117 Å². The maximum absolute atomic E-state index is 12.2. The molecule has 1 aliphatic carbocycles. The summed E-state index contributed by atoms with van der Waals surface area (Å²) in [5.74, 6) is 0.363. The zero-order valence-electron chi connectivity index (χ0n) is 11.2. The molecule has 6 heteroatoms. The number of anilines is 1. The van der Waals surface area contributed by atoms with Crippen LogP contribution in [0, 0.1) is 0 Å². The van der Waals surface area contributed by atoms with Crippen molar-refractivity contribution in [2.24, 2.45) is 5.73 Å². The lowest BCUT2D eigenvalue weighted by Gasteiger charge is -2.26. The van der Waals surface area contributed by atoms with Gasteiger partial charge < -0.3 is 16.4 Å². The second-order valence-electron chi connectivity index (χ2n) is 5.54. The van der Waals surface area contributed by atoms with Gasteiger partial charge in [-0.2, -0.15) is 0 Å². The first-order chi connectivity index (χ1) is 9.61. The van der Waals surface area contributed by atoms with E-state index in [0.717, 1.165) is 31.2 Å². The Kier molecular flexibility index (Phi) is 3.40. The molecule has 1 saturated carbocycles. The van der Waals surface area contributed by atoms with E-state index in [1.807, 2.05) is 0 Å². The highest BCUT2D eigenvalue weighted by molar-refractivity contribution is 6.00. The summed E-state index contributed by atoms with van der Waals surface area (Å²) in [6.45, 7) is 0. The molecule has 3 rings (SSSR count). The number of rotatable bonds is 2. The molecule has 0 bridgehead atoms. The number of fused-ring (bicyclic) bond motifs is 1. The van der Waals surface area contributed by atoms with Gasteiger partial charge in [-0.3, -0.25) is 9.59 Å². The summed E-state index contributed by atoms with van der Waals surface area (Å²) >= 11 is 0. The quantitative estimate of drug-likeness (QED) is 0.734. The molecule has 20 heavy (non-hydrogen) atoms. The predicted octanol–water partition coefficient (Wildman–Crippen LogP) is 0.576. The Hall–Kier alpha value is -1.95. The predicted molar refractivity (Wildman–Crippen MR) is 74.3 cm³/mol. The summed E-state index contributed by atoms with van der Waals surface area (Å²) in [7, 11) is 0. The van der Waals surface area contributed by atoms with E-state index >= 15 is 0 Å². The van der Waals surface area contributed by atoms with E-state index < -0.39 is 0 Å². The second-order valence-corrected chi connectivity index (χ2v) is 5.54. The van der Waals surface area contributed by atoms with E-state index in [4.69, 9.17) is 5.73 Å². The van der Waals surface area contributed by atoms with Gasteiger partial charge in [0.05, 0.1) is 12.0 Å². The summed E-state index contributed by atoms with van der Waals surface area (Å²) < 4.78 is 0. The number of nitrogens with two attached hydrogens (primary N) is 1. The van der Waals surface area contributed by atoms with Crippen molar-refractivity contribution in [3.05, 3.63) is 23.4 Å². The van der Waals surface area contributed by atoms with Crippen LogP contribution in [-0.4, -0.2) is 28.9 Å². The molecule has 2 amide bonds. The number of amides is 2. The molecule has 1 fully saturated rings. The molecule has 2 aliphatic rings. The highest BCUT2D eigenvalue weighted by Gasteiger charge is 2.23. The van der Waals surface area contributed by atoms with Gasteiger partial charge in [0.25, 0.3) is 5.91 Å². The molecule has 0 radical (unpaired) electrons. The highest BCUT2D eigenvalue weighted by Crippen LogP contribution is 2.21. The molecule has 0 spiro atoms. The van der Waals surface area contributed by atoms with Crippen LogP contribution >= 0.6 is 0 Å². The summed E-state index contributed by atoms with van der Waals surface area (Å²) in [5.41, 5.74) is 7.15. The maximum atomic E-state index is 12.2. The van der Waals surface area contributed by atoms with E-state index in [-0.39, 0.29) is 23.9 Å². The molecule has 2 heterocycles. The van der Waals surface area contributed by atoms with Crippen molar-refractivity contribution in [2.75, 3.05) is 5.32 Å². The lowest BCUT2D eigenvalue weighted by Crippen LogP contribution is -2.40. The van der Waals surface area contributed by atoms with Crippen LogP contribution in [0.1, 0.15) is 41.6 Å². The van der Waals surface area contributed by atoms with Crippen molar-refractivity contribution in [1.29, 1.82) is 0 Å². The molecule has 0 unspecified atom stereocenters. The number of nitrogens with zero attached hydrogens (tertiary/aromatic N) is 1. The smallest absolute Gasteiger partial charge is 0.253 e. The van der Waals surface area contributed by atoms with Crippen molar-refractivity contribution in [1.82, 2.24) is 10.3 Å². The van der Waals surface area contributed by atoms with Crippen LogP contribution in [0.25, 0.3) is 0 Å². The van der Waals surface area contributed by atoms with Crippen molar-refractivity contribution in [2.45, 2.75) is 44.2 Å². The van der Waals surface area contributed by atoms with Crippen molar-refractivity contribution >= 4 is 17.6 Å². The van der Waals surface area contributed by atoms with Crippen LogP contribution in [0.15, 0.2) is 12.3 Å². The second kappa shape index (κ2) is 5.20. The standard InChI is InChI=1S/C14H18N4O2/c15-10-1-3-11(4-2-10)17-14(20)9-5-8-6-12(19)18-13(8)16-7-9/h5,7,10-11H,1-4,6,15H2,(H,17,20)(H,16,18,19). The number of carbonyl (C=O) groups is 2. The van der Waals surface area contributed by atoms with Crippen molar-refractivity contribution < 1.29 is 9.59 Å². The molecular formula is C14H18N4O2. The number of nitrogens with one attached hydrogen (secondary N) is 2. The van der Waals surface area contributed by atoms with E-state index in [1.54, 1.807) is 6.07 Å². The fourth-order valence-electron chi connectivity index (χ4n) is 2.76. The van der Waals surface area contributed by atoms with Crippen LogP contribution in [0.3, 0.4) is 0 Å². The fourth-order valence-corrected chi connectivity index (χ4v) is 2.76. The van der Waals surface area contributed by atoms with Gasteiger partial charge >= 0.3 is 0 Å². The first-order valence-corrected chi connectivity index (χ1v) is 6.97. The average molecular weight is 274 g/mol. The molecule has 1 aromatic heterocycles. The highest BCUT2D eigenvalue weighted by atomic mass is 16.2. The molecule has 6 nitrogen and oxygen atoms in total. The van der Waals surface area contributed by atoms with E-state index in [1.165, 1.54) is 6.20 Å². The third-order valence-corrected chi connectivity index (χ3v) is 3.94. The van der Waals surface area contributed by atoms with Gasteiger partial charge in [-0.1, -0.05) is 0 Å². The number of hydrogen-bond acceptors (Lipinski definition) is 4. The lowest BCUT2D eigenvalue weighted by atomic mass is 9.91. The molecule has 4 N–H and O–H groups in total. The molecular weight excluding hydrogens is 256 g/mol. The van der Waals surface area contributed by atoms with E-state index in [2.05, 4.69) is 15.6 Å². The first-order valence-electron chi connectivity index (χ1n) is 6.97. The Balaban J connectivity index is 1.66. The summed E-state index contributed by atoms with van der Waals surface area (Å²) in [6.07, 6.45) is 5.55. The average Bonchev–Trinajstić information content (AvgIpc) is 2.80. The van der Waals surface area contributed by atoms with Crippen LogP contribution in [0.5, 0.6) is 0 Å². The van der Waals surface area contributed by atoms with Gasteiger partial charge in [-0.15, -0.1) is 0 Å². The molecule has 1 aliphatic heterocycles. The number of hydrogen-bond donors (Lipinski definition) is 3. The van der Waals surface area contributed by atoms with Crippen molar-refractivity contribution in [3.63, 3.8) is 0 Å². The maximum Gasteiger partial charge on any atom is 0.253 e. The molecule has 0 saturated heterocycles. The van der Waals surface area contributed by atoms with Gasteiger partial charge in [0, 0.05) is 23.8 Å². The summed E-state index contributed by atoms with van der Waals surface area (Å²) in [4.78, 5) is 27.6. The molecule has 106 valence electrons. The monoisotopic (exact) mass is 274 g/mol.